The zero-order chi connectivity index (χ0) is 13.1. The van der Waals surface area contributed by atoms with Crippen molar-refractivity contribution < 1.29 is 27.9 Å². The highest BCUT2D eigenvalue weighted by Crippen LogP contribution is 2.14. The summed E-state index contributed by atoms with van der Waals surface area (Å²) in [6, 6.07) is 2.52. The van der Waals surface area contributed by atoms with Crippen molar-refractivity contribution in [2.75, 3.05) is 0 Å². The number of amides is 1. The zero-order valence-electron chi connectivity index (χ0n) is 8.28. The van der Waals surface area contributed by atoms with Crippen LogP contribution in [0.1, 0.15) is 16.1 Å². The van der Waals surface area contributed by atoms with Gasteiger partial charge in [-0.1, -0.05) is 0 Å². The number of aromatic carboxylic acids is 1. The molecule has 0 aliphatic rings. The molecule has 1 amide bonds. The van der Waals surface area contributed by atoms with Crippen molar-refractivity contribution in [3.8, 4) is 0 Å². The number of hydrogen-bond acceptors (Lipinski definition) is 3. The summed E-state index contributed by atoms with van der Waals surface area (Å²) in [4.78, 5) is 24.8. The maximum atomic E-state index is 11.9. The van der Waals surface area contributed by atoms with Gasteiger partial charge in [0.2, 0.25) is 0 Å². The lowest BCUT2D eigenvalue weighted by atomic mass is 10.2. The topological polar surface area (TPSA) is 79.3 Å². The molecule has 0 aliphatic carbocycles. The first-order chi connectivity index (χ1) is 7.82. The average Bonchev–Trinajstić information content (AvgIpc) is 2.24. The van der Waals surface area contributed by atoms with E-state index < -0.39 is 24.6 Å². The lowest BCUT2D eigenvalue weighted by molar-refractivity contribution is -0.173. The molecular weight excluding hydrogens is 241 g/mol. The van der Waals surface area contributed by atoms with Gasteiger partial charge in [-0.2, -0.15) is 13.2 Å². The second-order valence-electron chi connectivity index (χ2n) is 2.98. The summed E-state index contributed by atoms with van der Waals surface area (Å²) < 4.78 is 35.6. The van der Waals surface area contributed by atoms with Gasteiger partial charge in [-0.25, -0.2) is 4.79 Å². The molecule has 1 heterocycles. The Morgan fingerprint density at radius 1 is 1.41 bits per heavy atom. The van der Waals surface area contributed by atoms with Crippen molar-refractivity contribution >= 4 is 11.9 Å². The van der Waals surface area contributed by atoms with Crippen LogP contribution < -0.4 is 5.32 Å². The Bertz CT molecular complexity index is 445. The molecule has 2 N–H and O–H groups in total. The Balaban J connectivity index is 2.77. The van der Waals surface area contributed by atoms with E-state index in [0.717, 1.165) is 0 Å². The van der Waals surface area contributed by atoms with Gasteiger partial charge in [-0.3, -0.25) is 9.78 Å². The van der Waals surface area contributed by atoms with Crippen LogP contribution in [0.25, 0.3) is 0 Å². The highest BCUT2D eigenvalue weighted by molar-refractivity contribution is 5.89. The maximum Gasteiger partial charge on any atom is 0.471 e. The van der Waals surface area contributed by atoms with Crippen molar-refractivity contribution in [1.82, 2.24) is 10.3 Å². The average molecular weight is 248 g/mol. The Hall–Kier alpha value is -2.12. The van der Waals surface area contributed by atoms with Crippen LogP contribution >= 0.6 is 0 Å². The largest absolute Gasteiger partial charge is 0.478 e. The molecule has 0 unspecified atom stereocenters. The first-order valence-electron chi connectivity index (χ1n) is 4.34. The van der Waals surface area contributed by atoms with Crippen LogP contribution in [0.3, 0.4) is 0 Å². The van der Waals surface area contributed by atoms with Gasteiger partial charge in [0, 0.05) is 6.20 Å². The predicted octanol–water partition coefficient (Wildman–Crippen LogP) is 0.958. The Morgan fingerprint density at radius 2 is 2.06 bits per heavy atom. The van der Waals surface area contributed by atoms with E-state index >= 15 is 0 Å². The molecule has 0 radical (unpaired) electrons. The van der Waals surface area contributed by atoms with Crippen molar-refractivity contribution in [2.24, 2.45) is 0 Å². The van der Waals surface area contributed by atoms with E-state index in [1.165, 1.54) is 18.3 Å². The van der Waals surface area contributed by atoms with Gasteiger partial charge in [0.25, 0.3) is 0 Å². The number of alkyl halides is 3. The van der Waals surface area contributed by atoms with Crippen LogP contribution in [-0.2, 0) is 11.3 Å². The molecule has 0 aromatic carbocycles. The van der Waals surface area contributed by atoms with Gasteiger partial charge in [0.05, 0.1) is 17.8 Å². The maximum absolute atomic E-state index is 11.9. The molecule has 17 heavy (non-hydrogen) atoms. The number of nitrogens with zero attached hydrogens (tertiary/aromatic N) is 1. The number of carbonyl (C=O) groups is 2. The normalized spacial score (nSPS) is 11.0. The molecule has 0 atom stereocenters. The Kier molecular flexibility index (Phi) is 3.66. The summed E-state index contributed by atoms with van der Waals surface area (Å²) in [5, 5.41) is 10.3. The number of carboxylic acids is 1. The zero-order valence-corrected chi connectivity index (χ0v) is 8.28. The summed E-state index contributed by atoms with van der Waals surface area (Å²) in [7, 11) is 0. The highest BCUT2D eigenvalue weighted by atomic mass is 19.4. The predicted molar refractivity (Wildman–Crippen MR) is 49.1 cm³/mol. The van der Waals surface area contributed by atoms with E-state index in [4.69, 9.17) is 5.11 Å². The second-order valence-corrected chi connectivity index (χ2v) is 2.98. The first kappa shape index (κ1) is 12.9. The summed E-state index contributed by atoms with van der Waals surface area (Å²) in [5.74, 6) is -3.46. The van der Waals surface area contributed by atoms with Crippen molar-refractivity contribution in [3.05, 3.63) is 29.6 Å². The molecule has 0 spiro atoms. The molecule has 0 bridgehead atoms. The Labute approximate surface area is 93.3 Å². The van der Waals surface area contributed by atoms with Crippen molar-refractivity contribution in [2.45, 2.75) is 12.7 Å². The molecule has 5 nitrogen and oxygen atoms in total. The van der Waals surface area contributed by atoms with Gasteiger partial charge in [0.1, 0.15) is 0 Å². The molecule has 1 aromatic heterocycles. The lowest BCUT2D eigenvalue weighted by Crippen LogP contribution is -2.36. The van der Waals surface area contributed by atoms with Crippen LogP contribution in [0.15, 0.2) is 18.3 Å². The SMILES string of the molecule is O=C(O)c1cccnc1CNC(=O)C(F)(F)F. The van der Waals surface area contributed by atoms with Crippen molar-refractivity contribution in [3.63, 3.8) is 0 Å². The van der Waals surface area contributed by atoms with Crippen LogP contribution in [0.2, 0.25) is 0 Å². The number of halogens is 3. The molecule has 1 aromatic rings. The quantitative estimate of drug-likeness (QED) is 0.834. The fourth-order valence-electron chi connectivity index (χ4n) is 1.04. The molecular formula is C9H7F3N2O3. The smallest absolute Gasteiger partial charge is 0.471 e. The van der Waals surface area contributed by atoms with Crippen molar-refractivity contribution in [1.29, 1.82) is 0 Å². The third-order valence-corrected chi connectivity index (χ3v) is 1.79. The molecule has 1 rings (SSSR count). The lowest BCUT2D eigenvalue weighted by Gasteiger charge is -2.08. The first-order valence-corrected chi connectivity index (χ1v) is 4.34. The molecule has 0 fully saturated rings. The van der Waals surface area contributed by atoms with E-state index in [0.29, 0.717) is 0 Å². The standard InChI is InChI=1S/C9H7F3N2O3/c10-9(11,12)8(17)14-4-6-5(7(15)16)2-1-3-13-6/h1-3H,4H2,(H,14,17)(H,15,16). The van der Waals surface area contributed by atoms with Crippen LogP contribution in [0, 0.1) is 0 Å². The summed E-state index contributed by atoms with van der Waals surface area (Å²) in [5.41, 5.74) is -0.396. The third kappa shape index (κ3) is 3.44. The fraction of sp³-hybridized carbons (Fsp3) is 0.222. The summed E-state index contributed by atoms with van der Waals surface area (Å²) >= 11 is 0. The number of pyridine rings is 1. The summed E-state index contributed by atoms with van der Waals surface area (Å²) in [6.07, 6.45) is -3.78. The minimum atomic E-state index is -5.00. The van der Waals surface area contributed by atoms with Crippen LogP contribution in [0.5, 0.6) is 0 Å². The van der Waals surface area contributed by atoms with Crippen LogP contribution in [-0.4, -0.2) is 28.1 Å². The molecule has 8 heteroatoms. The number of carboxylic acid groups (broad SMARTS) is 1. The third-order valence-electron chi connectivity index (χ3n) is 1.79. The highest BCUT2D eigenvalue weighted by Gasteiger charge is 2.38. The van der Waals surface area contributed by atoms with Gasteiger partial charge in [-0.05, 0) is 12.1 Å². The van der Waals surface area contributed by atoms with Gasteiger partial charge >= 0.3 is 18.1 Å². The molecule has 0 aliphatic heterocycles. The van der Waals surface area contributed by atoms with E-state index in [1.807, 2.05) is 0 Å². The van der Waals surface area contributed by atoms with Gasteiger partial charge in [0.15, 0.2) is 0 Å². The number of carbonyl (C=O) groups excluding carboxylic acids is 1. The van der Waals surface area contributed by atoms with Crippen LogP contribution in [0.4, 0.5) is 13.2 Å². The molecule has 92 valence electrons. The molecule has 0 saturated heterocycles. The van der Waals surface area contributed by atoms with E-state index in [-0.39, 0.29) is 11.3 Å². The number of aromatic nitrogens is 1. The van der Waals surface area contributed by atoms with Gasteiger partial charge < -0.3 is 10.4 Å². The van der Waals surface area contributed by atoms with E-state index in [2.05, 4.69) is 4.98 Å². The summed E-state index contributed by atoms with van der Waals surface area (Å²) in [6.45, 7) is -0.596. The van der Waals surface area contributed by atoms with Gasteiger partial charge in [-0.15, -0.1) is 0 Å². The monoisotopic (exact) mass is 248 g/mol. The Morgan fingerprint density at radius 3 is 2.59 bits per heavy atom. The number of hydrogen-bond donors (Lipinski definition) is 2. The fourth-order valence-corrected chi connectivity index (χ4v) is 1.04. The minimum Gasteiger partial charge on any atom is -0.478 e. The number of rotatable bonds is 3. The van der Waals surface area contributed by atoms with E-state index in [9.17, 15) is 22.8 Å². The molecule has 0 saturated carbocycles. The number of nitrogens with one attached hydrogen (secondary N) is 1. The van der Waals surface area contributed by atoms with E-state index in [1.54, 1.807) is 5.32 Å². The second kappa shape index (κ2) is 4.81. The minimum absolute atomic E-state index is 0.141.